The van der Waals surface area contributed by atoms with Gasteiger partial charge in [-0.1, -0.05) is 19.3 Å². The van der Waals surface area contributed by atoms with E-state index in [2.05, 4.69) is 0 Å². The first-order chi connectivity index (χ1) is 16.1. The summed E-state index contributed by atoms with van der Waals surface area (Å²) in [6.45, 7) is 3.65. The van der Waals surface area contributed by atoms with E-state index in [0.717, 1.165) is 32.1 Å². The van der Waals surface area contributed by atoms with Crippen molar-refractivity contribution in [3.8, 4) is 0 Å². The molecule has 0 atom stereocenters. The number of hydrogen-bond acceptors (Lipinski definition) is 8. The highest BCUT2D eigenvalue weighted by Gasteiger charge is 2.73. The number of carbonyl (C=O) groups is 1. The fraction of sp³-hybridized carbons (Fsp3) is 0.950. The normalized spacial score (nSPS) is 23.9. The third-order valence-electron chi connectivity index (χ3n) is 6.92. The van der Waals surface area contributed by atoms with Crippen molar-refractivity contribution in [2.75, 3.05) is 12.0 Å². The first kappa shape index (κ1) is 31.2. The van der Waals surface area contributed by atoms with Gasteiger partial charge >= 0.3 is 16.5 Å². The van der Waals surface area contributed by atoms with Crippen molar-refractivity contribution >= 4 is 35.9 Å². The van der Waals surface area contributed by atoms with Crippen LogP contribution >= 0.6 is 0 Å². The molecule has 0 aromatic rings. The second kappa shape index (κ2) is 10.6. The van der Waals surface area contributed by atoms with Crippen LogP contribution in [0, 0.1) is 17.8 Å². The first-order valence-corrected chi connectivity index (χ1v) is 16.6. The van der Waals surface area contributed by atoms with Gasteiger partial charge in [-0.05, 0) is 64.2 Å². The number of halogens is 4. The van der Waals surface area contributed by atoms with E-state index in [1.54, 1.807) is 0 Å². The summed E-state index contributed by atoms with van der Waals surface area (Å²) >= 11 is 0. The van der Waals surface area contributed by atoms with E-state index >= 15 is 0 Å². The average molecular weight is 588 g/mol. The summed E-state index contributed by atoms with van der Waals surface area (Å²) in [5.41, 5.74) is -0.698. The molecule has 2 fully saturated rings. The first-order valence-electron chi connectivity index (χ1n) is 11.6. The monoisotopic (exact) mass is 587 g/mol. The molecule has 0 aromatic carbocycles. The molecule has 2 aliphatic rings. The Morgan fingerprint density at radius 3 is 1.81 bits per heavy atom. The fourth-order valence-corrected chi connectivity index (χ4v) is 9.35. The highest BCUT2D eigenvalue weighted by atomic mass is 32.3. The summed E-state index contributed by atoms with van der Waals surface area (Å²) in [4.78, 5) is 12.7. The highest BCUT2D eigenvalue weighted by Crippen LogP contribution is 2.45. The van der Waals surface area contributed by atoms with Gasteiger partial charge in [0.25, 0.3) is 10.0 Å². The zero-order valence-corrected chi connectivity index (χ0v) is 22.8. The molecule has 0 aliphatic heterocycles. The molecule has 0 heterocycles. The van der Waals surface area contributed by atoms with Crippen molar-refractivity contribution < 1.29 is 52.3 Å². The number of nitrogens with one attached hydrogen (secondary N) is 1. The summed E-state index contributed by atoms with van der Waals surface area (Å²) in [7, 11) is -17.6. The van der Waals surface area contributed by atoms with E-state index < -0.39 is 69.6 Å². The summed E-state index contributed by atoms with van der Waals surface area (Å²) < 4.78 is 133. The largest absolute Gasteiger partial charge is 0.459 e. The Bertz CT molecular complexity index is 1120. The number of alkyl halides is 4. The van der Waals surface area contributed by atoms with Crippen LogP contribution in [0.1, 0.15) is 71.6 Å². The van der Waals surface area contributed by atoms with E-state index in [-0.39, 0.29) is 37.9 Å². The third kappa shape index (κ3) is 6.90. The molecule has 0 radical (unpaired) electrons. The number of hydrogen-bond donors (Lipinski definition) is 1. The number of rotatable bonds is 10. The van der Waals surface area contributed by atoms with Crippen LogP contribution in [0.3, 0.4) is 0 Å². The van der Waals surface area contributed by atoms with Crippen LogP contribution in [0.5, 0.6) is 0 Å². The number of sulfonamides is 2. The van der Waals surface area contributed by atoms with Gasteiger partial charge in [-0.25, -0.2) is 25.3 Å². The maximum atomic E-state index is 14.3. The van der Waals surface area contributed by atoms with Gasteiger partial charge < -0.3 is 4.74 Å². The maximum absolute atomic E-state index is 14.3. The van der Waals surface area contributed by atoms with E-state index in [1.165, 1.54) is 0 Å². The van der Waals surface area contributed by atoms with E-state index in [4.69, 9.17) is 4.74 Å². The summed E-state index contributed by atoms with van der Waals surface area (Å²) in [5.74, 6) is -3.37. The Morgan fingerprint density at radius 2 is 1.33 bits per heavy atom. The Labute approximate surface area is 209 Å². The highest BCUT2D eigenvalue weighted by molar-refractivity contribution is 8.05. The summed E-state index contributed by atoms with van der Waals surface area (Å²) in [5, 5.41) is -12.4. The van der Waals surface area contributed by atoms with Gasteiger partial charge in [0.15, 0.2) is 0 Å². The minimum absolute atomic E-state index is 0.0567. The van der Waals surface area contributed by atoms with Gasteiger partial charge in [0.2, 0.25) is 19.9 Å². The standard InChI is InChI=1S/C20H33F4NO8S3/c1-18(2,16-7-5-4-6-8-16)33-17(26)15-11-9-14(10-12-15)13-35(29,30)19(21,22)20(23,24)36(31,32)25-34(3,27)28/h14-16,25H,4-13H2,1-3H3. The zero-order valence-electron chi connectivity index (χ0n) is 20.3. The van der Waals surface area contributed by atoms with Crippen molar-refractivity contribution in [1.29, 1.82) is 0 Å². The quantitative estimate of drug-likeness (QED) is 0.304. The molecular weight excluding hydrogens is 554 g/mol. The van der Waals surface area contributed by atoms with Crippen LogP contribution in [0.4, 0.5) is 17.6 Å². The van der Waals surface area contributed by atoms with Crippen molar-refractivity contribution in [2.24, 2.45) is 17.8 Å². The lowest BCUT2D eigenvalue weighted by Crippen LogP contribution is -2.57. The van der Waals surface area contributed by atoms with E-state index in [9.17, 15) is 47.6 Å². The molecule has 0 aromatic heterocycles. The summed E-state index contributed by atoms with van der Waals surface area (Å²) in [6.07, 6.45) is 5.27. The second-order valence-corrected chi connectivity index (χ2v) is 16.1. The van der Waals surface area contributed by atoms with Gasteiger partial charge in [0.1, 0.15) is 5.60 Å². The lowest BCUT2D eigenvalue weighted by Gasteiger charge is -2.38. The number of esters is 1. The minimum Gasteiger partial charge on any atom is -0.459 e. The number of ether oxygens (including phenoxy) is 1. The average Bonchev–Trinajstić information content (AvgIpc) is 2.72. The van der Waals surface area contributed by atoms with Crippen LogP contribution in [0.15, 0.2) is 0 Å². The van der Waals surface area contributed by atoms with Crippen LogP contribution in [-0.2, 0) is 39.4 Å². The lowest BCUT2D eigenvalue weighted by atomic mass is 9.78. The lowest BCUT2D eigenvalue weighted by molar-refractivity contribution is -0.169. The second-order valence-electron chi connectivity index (χ2n) is 10.3. The van der Waals surface area contributed by atoms with Gasteiger partial charge in [-0.3, -0.25) is 4.79 Å². The molecule has 2 saturated carbocycles. The molecule has 212 valence electrons. The molecule has 16 heteroatoms. The van der Waals surface area contributed by atoms with Crippen molar-refractivity contribution in [1.82, 2.24) is 4.13 Å². The molecule has 1 N–H and O–H groups in total. The maximum Gasteiger partial charge on any atom is 0.436 e. The van der Waals surface area contributed by atoms with Crippen LogP contribution < -0.4 is 4.13 Å². The minimum atomic E-state index is -6.61. The van der Waals surface area contributed by atoms with Crippen LogP contribution in [-0.4, -0.2) is 59.3 Å². The molecule has 0 unspecified atom stereocenters. The van der Waals surface area contributed by atoms with Crippen LogP contribution in [0.2, 0.25) is 0 Å². The Hall–Kier alpha value is -1.00. The molecule has 2 rings (SSSR count). The zero-order chi connectivity index (χ0) is 27.8. The number of carbonyl (C=O) groups excluding carboxylic acids is 1. The smallest absolute Gasteiger partial charge is 0.436 e. The fourth-order valence-electron chi connectivity index (χ4n) is 4.79. The molecule has 0 spiro atoms. The van der Waals surface area contributed by atoms with Crippen molar-refractivity contribution in [3.63, 3.8) is 0 Å². The molecule has 2 aliphatic carbocycles. The predicted molar refractivity (Wildman–Crippen MR) is 123 cm³/mol. The molecule has 0 bridgehead atoms. The van der Waals surface area contributed by atoms with Crippen LogP contribution in [0.25, 0.3) is 0 Å². The van der Waals surface area contributed by atoms with Crippen molar-refractivity contribution in [2.45, 2.75) is 87.7 Å². The Balaban J connectivity index is 2.03. The van der Waals surface area contributed by atoms with E-state index in [0.29, 0.717) is 4.13 Å². The Kier molecular flexibility index (Phi) is 9.22. The van der Waals surface area contributed by atoms with Crippen molar-refractivity contribution in [3.05, 3.63) is 0 Å². The summed E-state index contributed by atoms with van der Waals surface area (Å²) in [6, 6.07) is 0. The van der Waals surface area contributed by atoms with Gasteiger partial charge in [0.05, 0.1) is 17.9 Å². The Morgan fingerprint density at radius 1 is 0.833 bits per heavy atom. The van der Waals surface area contributed by atoms with Gasteiger partial charge in [-0.2, -0.15) is 17.6 Å². The molecule has 9 nitrogen and oxygen atoms in total. The van der Waals surface area contributed by atoms with Gasteiger partial charge in [-0.15, -0.1) is 4.13 Å². The molecular formula is C20H33F4NO8S3. The third-order valence-corrected chi connectivity index (χ3v) is 12.0. The SMILES string of the molecule is CC(C)(OC(=O)C1CCC(CS(=O)(=O)C(F)(F)C(F)(F)S(=O)(=O)NS(C)(=O)=O)CC1)C1CCCCC1. The number of sulfone groups is 1. The van der Waals surface area contributed by atoms with E-state index in [1.807, 2.05) is 13.8 Å². The topological polar surface area (TPSA) is 141 Å². The predicted octanol–water partition coefficient (Wildman–Crippen LogP) is 3.17. The van der Waals surface area contributed by atoms with Gasteiger partial charge in [0, 0.05) is 0 Å². The molecule has 36 heavy (non-hydrogen) atoms. The molecule has 0 saturated heterocycles. The molecule has 0 amide bonds.